The second-order valence-electron chi connectivity index (χ2n) is 1.74. The van der Waals surface area contributed by atoms with E-state index >= 15 is 0 Å². The minimum Gasteiger partial charge on any atom is -0.331 e. The first kappa shape index (κ1) is 4.49. The van der Waals surface area contributed by atoms with Gasteiger partial charge in [0.2, 0.25) is 0 Å². The van der Waals surface area contributed by atoms with Crippen molar-refractivity contribution in [1.82, 2.24) is 15.0 Å². The fraction of sp³-hybridized carbons (Fsp3) is 0. The third kappa shape index (κ3) is 0.579. The van der Waals surface area contributed by atoms with E-state index in [-0.39, 0.29) is 0 Å². The lowest BCUT2D eigenvalue weighted by Crippen LogP contribution is -1.82. The van der Waals surface area contributed by atoms with Crippen molar-refractivity contribution in [1.29, 1.82) is 0 Å². The Hall–Kier alpha value is -1.38. The highest BCUT2D eigenvalue weighted by Gasteiger charge is 1.99. The van der Waals surface area contributed by atoms with Gasteiger partial charge in [-0.1, -0.05) is 0 Å². The predicted octanol–water partition coefficient (Wildman–Crippen LogP) is 0.710. The first-order valence-corrected chi connectivity index (χ1v) is 2.62. The van der Waals surface area contributed by atoms with Gasteiger partial charge in [-0.25, -0.2) is 9.97 Å². The molecule has 3 nitrogen and oxygen atoms in total. The monoisotopic (exact) mass is 118 g/mol. The first-order valence-electron chi connectivity index (χ1n) is 2.62. The van der Waals surface area contributed by atoms with Crippen molar-refractivity contribution in [2.24, 2.45) is 0 Å². The highest BCUT2D eigenvalue weighted by molar-refractivity contribution is 5.53. The molecule has 0 amide bonds. The molecule has 0 unspecified atom stereocenters. The summed E-state index contributed by atoms with van der Waals surface area (Å²) in [5.74, 6) is 0.838. The van der Waals surface area contributed by atoms with Crippen molar-refractivity contribution >= 4 is 0 Å². The number of fused-ring (bicyclic) bond motifs is 1. The zero-order valence-corrected chi connectivity index (χ0v) is 4.63. The number of nitrogens with zero attached hydrogens (tertiary/aromatic N) is 2. The van der Waals surface area contributed by atoms with Gasteiger partial charge in [0.05, 0.1) is 12.5 Å². The second-order valence-corrected chi connectivity index (χ2v) is 1.74. The summed E-state index contributed by atoms with van der Waals surface area (Å²) in [4.78, 5) is 10.6. The van der Waals surface area contributed by atoms with E-state index in [4.69, 9.17) is 0 Å². The number of aromatic nitrogens is 3. The molecule has 2 heterocycles. The third-order valence-electron chi connectivity index (χ3n) is 1.16. The molecule has 2 aliphatic rings. The van der Waals surface area contributed by atoms with Gasteiger partial charge in [-0.05, 0) is 6.07 Å². The molecule has 2 aliphatic heterocycles. The Morgan fingerprint density at radius 1 is 1.56 bits per heavy atom. The summed E-state index contributed by atoms with van der Waals surface area (Å²) >= 11 is 0. The second kappa shape index (κ2) is 1.55. The SMILES string of the molecule is [c]1cc2cnc[nH]c-2n1. The summed E-state index contributed by atoms with van der Waals surface area (Å²) < 4.78 is 0. The van der Waals surface area contributed by atoms with Gasteiger partial charge < -0.3 is 4.98 Å². The Morgan fingerprint density at radius 2 is 2.56 bits per heavy atom. The summed E-state index contributed by atoms with van der Waals surface area (Å²) in [6.07, 6.45) is 6.06. The van der Waals surface area contributed by atoms with Crippen LogP contribution in [-0.2, 0) is 0 Å². The molecule has 0 bridgehead atoms. The van der Waals surface area contributed by atoms with Crippen LogP contribution in [0, 0.1) is 6.20 Å². The topological polar surface area (TPSA) is 41.6 Å². The summed E-state index contributed by atoms with van der Waals surface area (Å²) in [5.41, 5.74) is 0.998. The molecular formula is C6H4N3. The molecule has 1 radical (unpaired) electrons. The van der Waals surface area contributed by atoms with Crippen molar-refractivity contribution in [3.05, 3.63) is 24.8 Å². The van der Waals surface area contributed by atoms with Crippen molar-refractivity contribution in [2.75, 3.05) is 0 Å². The molecule has 0 aromatic rings. The zero-order valence-electron chi connectivity index (χ0n) is 4.63. The van der Waals surface area contributed by atoms with Crippen molar-refractivity contribution in [3.63, 3.8) is 0 Å². The fourth-order valence-electron chi connectivity index (χ4n) is 0.729. The maximum Gasteiger partial charge on any atom is 0.140 e. The molecule has 0 fully saturated rings. The van der Waals surface area contributed by atoms with Gasteiger partial charge in [-0.15, -0.1) is 0 Å². The van der Waals surface area contributed by atoms with Crippen LogP contribution in [-0.4, -0.2) is 15.0 Å². The fourth-order valence-corrected chi connectivity index (χ4v) is 0.729. The molecule has 0 aliphatic carbocycles. The number of H-pyrrole nitrogens is 1. The van der Waals surface area contributed by atoms with E-state index < -0.39 is 0 Å². The van der Waals surface area contributed by atoms with Crippen LogP contribution in [0.1, 0.15) is 0 Å². The lowest BCUT2D eigenvalue weighted by Gasteiger charge is -1.90. The minimum atomic E-state index is 0.838. The number of nitrogens with one attached hydrogen (secondary N) is 1. The largest absolute Gasteiger partial charge is 0.331 e. The van der Waals surface area contributed by atoms with Crippen LogP contribution in [0.2, 0.25) is 0 Å². The van der Waals surface area contributed by atoms with Crippen LogP contribution in [0.4, 0.5) is 0 Å². The summed E-state index contributed by atoms with van der Waals surface area (Å²) in [6.45, 7) is 0. The molecule has 0 aromatic carbocycles. The molecule has 0 spiro atoms. The molecule has 1 N–H and O–H groups in total. The Kier molecular flexibility index (Phi) is 0.773. The number of hydrogen-bond donors (Lipinski definition) is 1. The van der Waals surface area contributed by atoms with Crippen LogP contribution in [0.3, 0.4) is 0 Å². The Bertz CT molecular complexity index is 248. The molecule has 0 atom stereocenters. The maximum absolute atomic E-state index is 3.90. The molecule has 2 rings (SSSR count). The van der Waals surface area contributed by atoms with E-state index in [2.05, 4.69) is 21.1 Å². The zero-order chi connectivity index (χ0) is 6.10. The van der Waals surface area contributed by atoms with Crippen molar-refractivity contribution in [2.45, 2.75) is 0 Å². The van der Waals surface area contributed by atoms with Crippen LogP contribution in [0.5, 0.6) is 0 Å². The van der Waals surface area contributed by atoms with Gasteiger partial charge in [-0.3, -0.25) is 0 Å². The Morgan fingerprint density at radius 3 is 3.44 bits per heavy atom. The third-order valence-corrected chi connectivity index (χ3v) is 1.16. The number of rotatable bonds is 0. The lowest BCUT2D eigenvalue weighted by atomic mass is 10.3. The van der Waals surface area contributed by atoms with Gasteiger partial charge in [-0.2, -0.15) is 0 Å². The lowest BCUT2D eigenvalue weighted by molar-refractivity contribution is 1.13. The summed E-state index contributed by atoms with van der Waals surface area (Å²) in [6, 6.07) is 1.79. The van der Waals surface area contributed by atoms with Crippen LogP contribution >= 0.6 is 0 Å². The Balaban J connectivity index is 2.79. The molecule has 43 valence electrons. The minimum absolute atomic E-state index is 0.838. The molecule has 3 heteroatoms. The highest BCUT2D eigenvalue weighted by atomic mass is 14.9. The van der Waals surface area contributed by atoms with Crippen LogP contribution in [0.25, 0.3) is 11.4 Å². The van der Waals surface area contributed by atoms with Gasteiger partial charge in [0, 0.05) is 11.8 Å². The van der Waals surface area contributed by atoms with Gasteiger partial charge in [0.25, 0.3) is 0 Å². The average molecular weight is 118 g/mol. The van der Waals surface area contributed by atoms with E-state index in [1.807, 2.05) is 0 Å². The standard InChI is InChI=1S/C6H4N3/c1-2-8-6-5(1)3-7-4-9-6/h1,3-4H,(H,7,8,9). The summed E-state index contributed by atoms with van der Waals surface area (Å²) in [7, 11) is 0. The first-order chi connectivity index (χ1) is 4.47. The normalized spacial score (nSPS) is 10.2. The highest BCUT2D eigenvalue weighted by Crippen LogP contribution is 2.12. The van der Waals surface area contributed by atoms with Crippen molar-refractivity contribution < 1.29 is 0 Å². The van der Waals surface area contributed by atoms with E-state index in [1.165, 1.54) is 0 Å². The number of aromatic amines is 1. The van der Waals surface area contributed by atoms with Gasteiger partial charge in [0.15, 0.2) is 0 Å². The Labute approximate surface area is 52.1 Å². The van der Waals surface area contributed by atoms with Crippen LogP contribution in [0.15, 0.2) is 18.6 Å². The van der Waals surface area contributed by atoms with Crippen LogP contribution < -0.4 is 0 Å². The average Bonchev–Trinajstić information content (AvgIpc) is 2.33. The molecule has 0 saturated heterocycles. The molecular weight excluding hydrogens is 114 g/mol. The van der Waals surface area contributed by atoms with E-state index in [9.17, 15) is 0 Å². The summed E-state index contributed by atoms with van der Waals surface area (Å²) in [5, 5.41) is 0. The quantitative estimate of drug-likeness (QED) is 0.553. The van der Waals surface area contributed by atoms with Gasteiger partial charge >= 0.3 is 0 Å². The number of hydrogen-bond acceptors (Lipinski definition) is 2. The molecule has 0 aromatic heterocycles. The van der Waals surface area contributed by atoms with E-state index in [0.29, 0.717) is 0 Å². The van der Waals surface area contributed by atoms with E-state index in [1.54, 1.807) is 18.6 Å². The van der Waals surface area contributed by atoms with E-state index in [0.717, 1.165) is 11.4 Å². The smallest absolute Gasteiger partial charge is 0.140 e. The van der Waals surface area contributed by atoms with Crippen molar-refractivity contribution in [3.8, 4) is 11.4 Å². The molecule has 0 saturated carbocycles. The van der Waals surface area contributed by atoms with Gasteiger partial charge in [0.1, 0.15) is 5.82 Å². The molecule has 9 heavy (non-hydrogen) atoms. The predicted molar refractivity (Wildman–Crippen MR) is 31.8 cm³/mol. The maximum atomic E-state index is 3.90.